The standard InChI is InChI=1S/C31H25N3O8S2/c1-3-41-30(37)18-7-9-19(10-8-18)33-28(35)24-23(25-27(32-31(38)44-25)43-26(24)29(33)36)21-14-20(34(39)40)11-12-22(21)42-15-17-6-4-5-16(2)13-17/h4-14,23-24,26H,3,15H2,1-2H3,(H,32,38)/t23-,24?,26?/m1/s1. The molecule has 6 rings (SSSR count). The molecule has 1 saturated heterocycles. The predicted molar refractivity (Wildman–Crippen MR) is 163 cm³/mol. The summed E-state index contributed by atoms with van der Waals surface area (Å²) in [6.45, 7) is 4.00. The molecule has 0 bridgehead atoms. The van der Waals surface area contributed by atoms with Crippen molar-refractivity contribution in [3.05, 3.63) is 114 Å². The second-order valence-electron chi connectivity index (χ2n) is 10.3. The molecule has 3 atom stereocenters. The van der Waals surface area contributed by atoms with Gasteiger partial charge < -0.3 is 14.5 Å². The third-order valence-corrected chi connectivity index (χ3v) is 9.88. The van der Waals surface area contributed by atoms with Crippen LogP contribution in [-0.4, -0.2) is 39.5 Å². The molecule has 2 unspecified atom stereocenters. The van der Waals surface area contributed by atoms with E-state index in [2.05, 4.69) is 4.98 Å². The number of amides is 2. The Morgan fingerprint density at radius 3 is 2.52 bits per heavy atom. The highest BCUT2D eigenvalue weighted by Crippen LogP contribution is 2.55. The average Bonchev–Trinajstić information content (AvgIpc) is 3.50. The van der Waals surface area contributed by atoms with E-state index in [1.165, 1.54) is 42.5 Å². The van der Waals surface area contributed by atoms with Crippen LogP contribution < -0.4 is 14.5 Å². The van der Waals surface area contributed by atoms with Crippen LogP contribution in [0.1, 0.15) is 44.8 Å². The number of imide groups is 1. The van der Waals surface area contributed by atoms with E-state index >= 15 is 0 Å². The molecule has 2 aliphatic rings. The summed E-state index contributed by atoms with van der Waals surface area (Å²) < 4.78 is 11.2. The maximum absolute atomic E-state index is 14.2. The number of nitrogens with one attached hydrogen (secondary N) is 1. The van der Waals surface area contributed by atoms with Gasteiger partial charge in [0.1, 0.15) is 17.6 Å². The molecule has 224 valence electrons. The number of benzene rings is 3. The summed E-state index contributed by atoms with van der Waals surface area (Å²) in [5.74, 6) is -3.11. The third kappa shape index (κ3) is 5.28. The van der Waals surface area contributed by atoms with Gasteiger partial charge in [0.2, 0.25) is 11.8 Å². The molecular formula is C31H25N3O8S2. The molecule has 3 heterocycles. The first-order valence-corrected chi connectivity index (χ1v) is 15.4. The lowest BCUT2D eigenvalue weighted by Gasteiger charge is -2.30. The Labute approximate surface area is 259 Å². The van der Waals surface area contributed by atoms with E-state index in [9.17, 15) is 29.3 Å². The number of thiazole rings is 1. The van der Waals surface area contributed by atoms with Crippen molar-refractivity contribution in [1.82, 2.24) is 4.98 Å². The Bertz CT molecular complexity index is 1870. The van der Waals surface area contributed by atoms with Crippen LogP contribution in [0.4, 0.5) is 11.4 Å². The maximum atomic E-state index is 14.2. The van der Waals surface area contributed by atoms with Crippen LogP contribution in [-0.2, 0) is 20.9 Å². The van der Waals surface area contributed by atoms with E-state index in [0.29, 0.717) is 21.2 Å². The third-order valence-electron chi connectivity index (χ3n) is 7.48. The fraction of sp³-hybridized carbons (Fsp3) is 0.226. The number of non-ortho nitro benzene ring substituents is 1. The van der Waals surface area contributed by atoms with Crippen molar-refractivity contribution >= 4 is 52.3 Å². The normalized spacial score (nSPS) is 19.0. The number of aryl methyl sites for hydroxylation is 1. The number of nitro groups is 1. The van der Waals surface area contributed by atoms with Gasteiger partial charge in [0.25, 0.3) is 5.69 Å². The Morgan fingerprint density at radius 2 is 1.82 bits per heavy atom. The quantitative estimate of drug-likeness (QED) is 0.120. The largest absolute Gasteiger partial charge is 0.489 e. The number of hydrogen-bond acceptors (Lipinski definition) is 10. The van der Waals surface area contributed by atoms with Crippen LogP contribution in [0.2, 0.25) is 0 Å². The second kappa shape index (κ2) is 11.7. The lowest BCUT2D eigenvalue weighted by Crippen LogP contribution is -2.32. The van der Waals surface area contributed by atoms with Crippen LogP contribution in [0.5, 0.6) is 5.75 Å². The average molecular weight is 632 g/mol. The molecule has 1 N–H and O–H groups in total. The van der Waals surface area contributed by atoms with Crippen LogP contribution in [0.3, 0.4) is 0 Å². The summed E-state index contributed by atoms with van der Waals surface area (Å²) in [5, 5.41) is 11.4. The number of thioether (sulfide) groups is 1. The molecule has 3 aromatic carbocycles. The molecule has 0 aliphatic carbocycles. The number of ether oxygens (including phenoxy) is 2. The Balaban J connectivity index is 1.43. The molecule has 1 fully saturated rings. The highest BCUT2D eigenvalue weighted by atomic mass is 32.2. The Hall–Kier alpha value is -4.75. The van der Waals surface area contributed by atoms with Crippen LogP contribution in [0.25, 0.3) is 0 Å². The van der Waals surface area contributed by atoms with E-state index in [-0.39, 0.29) is 35.0 Å². The van der Waals surface area contributed by atoms with Crippen molar-refractivity contribution in [2.45, 2.75) is 36.6 Å². The molecule has 44 heavy (non-hydrogen) atoms. The molecule has 13 heteroatoms. The smallest absolute Gasteiger partial charge is 0.338 e. The zero-order valence-corrected chi connectivity index (χ0v) is 25.1. The molecule has 2 amide bonds. The number of anilines is 1. The van der Waals surface area contributed by atoms with Crippen molar-refractivity contribution < 1.29 is 28.8 Å². The Morgan fingerprint density at radius 1 is 1.05 bits per heavy atom. The number of nitro benzene ring substituents is 1. The van der Waals surface area contributed by atoms with Crippen molar-refractivity contribution in [2.24, 2.45) is 5.92 Å². The first-order valence-electron chi connectivity index (χ1n) is 13.7. The molecule has 0 spiro atoms. The van der Waals surface area contributed by atoms with Gasteiger partial charge in [0.15, 0.2) is 0 Å². The van der Waals surface area contributed by atoms with Gasteiger partial charge in [-0.05, 0) is 49.7 Å². The fourth-order valence-electron chi connectivity index (χ4n) is 5.55. The summed E-state index contributed by atoms with van der Waals surface area (Å²) in [6, 6.07) is 17.8. The molecule has 1 aromatic heterocycles. The lowest BCUT2D eigenvalue weighted by atomic mass is 9.82. The zero-order valence-electron chi connectivity index (χ0n) is 23.5. The van der Waals surface area contributed by atoms with E-state index in [4.69, 9.17) is 9.47 Å². The number of esters is 1. The minimum absolute atomic E-state index is 0.157. The number of fused-ring (bicyclic) bond motifs is 2. The summed E-state index contributed by atoms with van der Waals surface area (Å²) >= 11 is 1.99. The number of carbonyl (C=O) groups excluding carboxylic acids is 3. The summed E-state index contributed by atoms with van der Waals surface area (Å²) in [4.78, 5) is 68.0. The number of rotatable bonds is 8. The van der Waals surface area contributed by atoms with Crippen LogP contribution in [0, 0.1) is 23.0 Å². The summed E-state index contributed by atoms with van der Waals surface area (Å²) in [6.07, 6.45) is 0. The first-order chi connectivity index (χ1) is 21.2. The van der Waals surface area contributed by atoms with E-state index in [1.807, 2.05) is 31.2 Å². The SMILES string of the molecule is CCOC(=O)c1ccc(N2C(=O)C3Sc4[nH]c(=O)sc4[C@H](c4cc([N+](=O)[O-])ccc4OCc4cccc(C)c4)C3C2=O)cc1. The fourth-order valence-corrected chi connectivity index (χ4v) is 8.06. The van der Waals surface area contributed by atoms with Gasteiger partial charge in [0, 0.05) is 28.5 Å². The van der Waals surface area contributed by atoms with Gasteiger partial charge in [-0.25, -0.2) is 9.69 Å². The Kier molecular flexibility index (Phi) is 7.82. The van der Waals surface area contributed by atoms with Gasteiger partial charge in [0.05, 0.1) is 33.7 Å². The monoisotopic (exact) mass is 631 g/mol. The molecule has 2 aliphatic heterocycles. The minimum atomic E-state index is -0.987. The van der Waals surface area contributed by atoms with Crippen LogP contribution in [0.15, 0.2) is 76.6 Å². The highest BCUT2D eigenvalue weighted by molar-refractivity contribution is 8.00. The van der Waals surface area contributed by atoms with Gasteiger partial charge >= 0.3 is 10.8 Å². The molecule has 4 aromatic rings. The molecule has 0 saturated carbocycles. The predicted octanol–water partition coefficient (Wildman–Crippen LogP) is 5.20. The number of carbonyl (C=O) groups is 3. The van der Waals surface area contributed by atoms with Crippen molar-refractivity contribution in [2.75, 3.05) is 11.5 Å². The lowest BCUT2D eigenvalue weighted by molar-refractivity contribution is -0.385. The van der Waals surface area contributed by atoms with Gasteiger partial charge in [-0.1, -0.05) is 52.9 Å². The molecular weight excluding hydrogens is 606 g/mol. The highest BCUT2D eigenvalue weighted by Gasteiger charge is 2.57. The number of H-pyrrole nitrogens is 1. The minimum Gasteiger partial charge on any atom is -0.489 e. The van der Waals surface area contributed by atoms with E-state index in [1.54, 1.807) is 6.92 Å². The first kappa shape index (κ1) is 29.3. The second-order valence-corrected chi connectivity index (χ2v) is 12.5. The van der Waals surface area contributed by atoms with E-state index < -0.39 is 39.8 Å². The van der Waals surface area contributed by atoms with Gasteiger partial charge in [-0.15, -0.1) is 0 Å². The number of nitrogens with zero attached hydrogens (tertiary/aromatic N) is 2. The van der Waals surface area contributed by atoms with Crippen molar-refractivity contribution in [3.63, 3.8) is 0 Å². The zero-order chi connectivity index (χ0) is 31.1. The maximum Gasteiger partial charge on any atom is 0.338 e. The van der Waals surface area contributed by atoms with Crippen molar-refractivity contribution in [1.29, 1.82) is 0 Å². The molecule has 0 radical (unpaired) electrons. The molecule has 11 nitrogen and oxygen atoms in total. The van der Waals surface area contributed by atoms with Gasteiger partial charge in [-0.2, -0.15) is 0 Å². The van der Waals surface area contributed by atoms with Crippen LogP contribution >= 0.6 is 23.1 Å². The van der Waals surface area contributed by atoms with Crippen molar-refractivity contribution in [3.8, 4) is 5.75 Å². The van der Waals surface area contributed by atoms with Gasteiger partial charge in [-0.3, -0.25) is 24.5 Å². The number of aromatic nitrogens is 1. The summed E-state index contributed by atoms with van der Waals surface area (Å²) in [7, 11) is 0. The van der Waals surface area contributed by atoms with E-state index in [0.717, 1.165) is 39.1 Å². The number of aromatic amines is 1. The topological polar surface area (TPSA) is 149 Å². The summed E-state index contributed by atoms with van der Waals surface area (Å²) in [5.41, 5.74) is 2.57. The number of hydrogen-bond donors (Lipinski definition) is 1.